The lowest BCUT2D eigenvalue weighted by molar-refractivity contribution is 0.0695. The third-order valence-corrected chi connectivity index (χ3v) is 16.6. The molecule has 4 aromatic carbocycles. The highest BCUT2D eigenvalue weighted by atomic mass is 35.5. The van der Waals surface area contributed by atoms with E-state index < -0.39 is 25.8 Å². The molecule has 2 atom stereocenters. The highest BCUT2D eigenvalue weighted by molar-refractivity contribution is 7.90. The largest absolute Gasteiger partial charge is 0.478 e. The lowest BCUT2D eigenvalue weighted by Crippen LogP contribution is -2.42. The van der Waals surface area contributed by atoms with Gasteiger partial charge in [-0.2, -0.15) is 4.31 Å². The van der Waals surface area contributed by atoms with Gasteiger partial charge >= 0.3 is 5.97 Å². The van der Waals surface area contributed by atoms with E-state index in [9.17, 15) is 26.4 Å². The molecule has 12 nitrogen and oxygen atoms in total. The lowest BCUT2D eigenvalue weighted by atomic mass is 9.89. The molecule has 0 bridgehead atoms. The third-order valence-electron chi connectivity index (χ3n) is 12.2. The van der Waals surface area contributed by atoms with Gasteiger partial charge in [-0.1, -0.05) is 97.7 Å². The summed E-state index contributed by atoms with van der Waals surface area (Å²) in [6.07, 6.45) is 2.84. The summed E-state index contributed by atoms with van der Waals surface area (Å²) < 4.78 is 55.4. The number of carbonyl (C=O) groups excluding carboxylic acids is 1. The van der Waals surface area contributed by atoms with Crippen LogP contribution in [0.1, 0.15) is 91.6 Å². The van der Waals surface area contributed by atoms with Crippen molar-refractivity contribution in [2.24, 2.45) is 11.8 Å². The monoisotopic (exact) mass is 969 g/mol. The summed E-state index contributed by atoms with van der Waals surface area (Å²) in [5, 5.41) is 8.95. The van der Waals surface area contributed by atoms with Crippen molar-refractivity contribution in [3.05, 3.63) is 117 Å². The summed E-state index contributed by atoms with van der Waals surface area (Å²) in [5.74, 6) is -0.617. The van der Waals surface area contributed by atoms with Gasteiger partial charge in [0.2, 0.25) is 10.0 Å². The number of benzene rings is 4. The summed E-state index contributed by atoms with van der Waals surface area (Å²) in [5.41, 5.74) is 3.76. The predicted molar refractivity (Wildman–Crippen MR) is 263 cm³/mol. The zero-order valence-electron chi connectivity index (χ0n) is 38.7. The second kappa shape index (κ2) is 23.0. The van der Waals surface area contributed by atoms with Crippen molar-refractivity contribution in [2.75, 3.05) is 82.8 Å². The molecule has 2 aliphatic heterocycles. The number of rotatable bonds is 16. The molecule has 0 radical (unpaired) electrons. The number of piperidine rings is 2. The Morgan fingerprint density at radius 3 is 1.85 bits per heavy atom. The van der Waals surface area contributed by atoms with Crippen LogP contribution in [-0.4, -0.2) is 121 Å². The molecule has 0 saturated carbocycles. The molecule has 2 fully saturated rings. The Hall–Kier alpha value is -4.18. The van der Waals surface area contributed by atoms with E-state index in [4.69, 9.17) is 28.3 Å². The van der Waals surface area contributed by atoms with Crippen LogP contribution in [0.4, 0.5) is 11.4 Å². The Labute approximate surface area is 397 Å². The molecule has 2 saturated heterocycles. The molecule has 0 aromatic heterocycles. The van der Waals surface area contributed by atoms with Crippen LogP contribution in [-0.2, 0) is 25.6 Å². The van der Waals surface area contributed by atoms with Crippen molar-refractivity contribution < 1.29 is 31.5 Å². The number of halogens is 2. The van der Waals surface area contributed by atoms with Gasteiger partial charge < -0.3 is 24.7 Å². The molecule has 2 heterocycles. The summed E-state index contributed by atoms with van der Waals surface area (Å²) in [7, 11) is -3.54. The van der Waals surface area contributed by atoms with E-state index in [-0.39, 0.29) is 48.9 Å². The topological polar surface area (TPSA) is 139 Å². The van der Waals surface area contributed by atoms with Gasteiger partial charge in [-0.25, -0.2) is 21.6 Å². The van der Waals surface area contributed by atoms with E-state index in [1.165, 1.54) is 9.87 Å². The number of sulfone groups is 1. The molecule has 1 amide bonds. The van der Waals surface area contributed by atoms with E-state index in [0.29, 0.717) is 49.9 Å². The molecule has 16 heteroatoms. The second-order valence-electron chi connectivity index (χ2n) is 17.4. The van der Waals surface area contributed by atoms with Crippen LogP contribution in [0.15, 0.2) is 94.7 Å². The summed E-state index contributed by atoms with van der Waals surface area (Å²) >= 11 is 11.8. The number of aromatic carboxylic acids is 1. The fourth-order valence-electron chi connectivity index (χ4n) is 8.82. The fraction of sp³-hybridized carbons (Fsp3) is 0.469. The molecule has 65 heavy (non-hydrogen) atoms. The van der Waals surface area contributed by atoms with Gasteiger partial charge in [-0.3, -0.25) is 4.79 Å². The van der Waals surface area contributed by atoms with Crippen molar-refractivity contribution in [1.29, 1.82) is 0 Å². The van der Waals surface area contributed by atoms with Crippen molar-refractivity contribution >= 4 is 66.3 Å². The van der Waals surface area contributed by atoms with Crippen molar-refractivity contribution in [2.45, 2.75) is 75.3 Å². The molecule has 1 N–H and O–H groups in total. The van der Waals surface area contributed by atoms with Gasteiger partial charge in [0.1, 0.15) is 4.90 Å². The first-order valence-corrected chi connectivity index (χ1v) is 26.3. The zero-order chi connectivity index (χ0) is 47.6. The fourth-order valence-corrected chi connectivity index (χ4v) is 12.9. The van der Waals surface area contributed by atoms with Crippen LogP contribution >= 0.6 is 23.2 Å². The number of carboxylic acids is 1. The number of sulfonamides is 1. The van der Waals surface area contributed by atoms with Gasteiger partial charge in [0, 0.05) is 58.9 Å². The second-order valence-corrected chi connectivity index (χ2v) is 22.1. The minimum atomic E-state index is -3.85. The Bertz CT molecular complexity index is 2460. The van der Waals surface area contributed by atoms with Crippen LogP contribution in [0.2, 0.25) is 10.0 Å². The molecule has 0 spiro atoms. The Morgan fingerprint density at radius 1 is 0.738 bits per heavy atom. The Kier molecular flexibility index (Phi) is 18.3. The number of hydrogen-bond donors (Lipinski definition) is 1. The molecule has 0 aliphatic carbocycles. The maximum Gasteiger partial charge on any atom is 0.337 e. The maximum absolute atomic E-state index is 14.2. The van der Waals surface area contributed by atoms with Gasteiger partial charge in [0.05, 0.1) is 43.2 Å². The van der Waals surface area contributed by atoms with Gasteiger partial charge in [-0.15, -0.1) is 0 Å². The zero-order valence-corrected chi connectivity index (χ0v) is 41.9. The van der Waals surface area contributed by atoms with E-state index in [2.05, 4.69) is 45.9 Å². The Balaban J connectivity index is 0.000000302. The number of anilines is 2. The van der Waals surface area contributed by atoms with Crippen molar-refractivity contribution in [3.8, 4) is 0 Å². The number of nitrogens with zero attached hydrogens (tertiary/aromatic N) is 5. The number of amides is 1. The maximum atomic E-state index is 14.2. The van der Waals surface area contributed by atoms with E-state index in [0.717, 1.165) is 68.8 Å². The molecule has 2 unspecified atom stereocenters. The highest BCUT2D eigenvalue weighted by Gasteiger charge is 2.35. The molecular formula is C49H65Cl2N5O7S2. The van der Waals surface area contributed by atoms with E-state index in [1.54, 1.807) is 11.0 Å². The first-order chi connectivity index (χ1) is 30.8. The quantitative estimate of drug-likeness (QED) is 0.116. The molecule has 4 aromatic rings. The first-order valence-electron chi connectivity index (χ1n) is 22.5. The lowest BCUT2D eigenvalue weighted by Gasteiger charge is -2.36. The molecule has 354 valence electrons. The summed E-state index contributed by atoms with van der Waals surface area (Å²) in [4.78, 5) is 33.5. The standard InChI is InChI=1S/C35H48N4O3S.C14H17Cl2NO4S/c1-6-37(7-2)35(40)31-25-34(43(41,42)27-28-15-11-9-12-16-28)33(26-32(31)38(8-3)24-23-36(4)5)39-21-19-30(20-22-39)29-17-13-10-14-18-29;1-8-3-9(2)7-17(6-8)22(20,21)13-4-10(14(18)19)11(15)5-12(13)16/h9-18,25-26,30H,6-8,19-24,27H2,1-5H3;4-5,8-9H,3,6-7H2,1-2H3,(H,18,19). The summed E-state index contributed by atoms with van der Waals surface area (Å²) in [6, 6.07) is 25.8. The third kappa shape index (κ3) is 13.0. The van der Waals surface area contributed by atoms with Crippen LogP contribution < -0.4 is 9.80 Å². The number of carbonyl (C=O) groups is 2. The SMILES string of the molecule is CC1CC(C)CN(S(=O)(=O)c2cc(C(=O)O)c(Cl)cc2Cl)C1.CCN(CC)C(=O)c1cc(S(=O)(=O)Cc2ccccc2)c(N2CCC(c3ccccc3)CC2)cc1N(CC)CCN(C)C. The minimum Gasteiger partial charge on any atom is -0.478 e. The van der Waals surface area contributed by atoms with E-state index in [1.807, 2.05) is 84.3 Å². The molecule has 6 rings (SSSR count). The van der Waals surface area contributed by atoms with Crippen LogP contribution in [0.3, 0.4) is 0 Å². The Morgan fingerprint density at radius 2 is 1.31 bits per heavy atom. The number of hydrogen-bond acceptors (Lipinski definition) is 9. The minimum absolute atomic E-state index is 0.0686. The van der Waals surface area contributed by atoms with Crippen LogP contribution in [0.25, 0.3) is 0 Å². The molecule has 2 aliphatic rings. The normalized spacial score (nSPS) is 17.4. The smallest absolute Gasteiger partial charge is 0.337 e. The first kappa shape index (κ1) is 51.8. The highest BCUT2D eigenvalue weighted by Crippen LogP contribution is 2.40. The number of likely N-dealkylation sites (N-methyl/N-ethyl adjacent to an activating group) is 2. The van der Waals surface area contributed by atoms with Crippen molar-refractivity contribution in [1.82, 2.24) is 14.1 Å². The number of carboxylic acid groups (broad SMARTS) is 1. The average Bonchev–Trinajstić information content (AvgIpc) is 3.27. The van der Waals surface area contributed by atoms with Gasteiger partial charge in [0.15, 0.2) is 9.84 Å². The van der Waals surface area contributed by atoms with Gasteiger partial charge in [0.25, 0.3) is 5.91 Å². The molecular weight excluding hydrogens is 906 g/mol. The average molecular weight is 971 g/mol. The van der Waals surface area contributed by atoms with E-state index >= 15 is 0 Å². The van der Waals surface area contributed by atoms with Crippen molar-refractivity contribution in [3.63, 3.8) is 0 Å². The van der Waals surface area contributed by atoms with Crippen LogP contribution in [0.5, 0.6) is 0 Å². The summed E-state index contributed by atoms with van der Waals surface area (Å²) in [6.45, 7) is 15.7. The predicted octanol–water partition coefficient (Wildman–Crippen LogP) is 9.27. The van der Waals surface area contributed by atoms with Crippen LogP contribution in [0, 0.1) is 11.8 Å². The van der Waals surface area contributed by atoms with Gasteiger partial charge in [-0.05, 0) is 107 Å².